The van der Waals surface area contributed by atoms with Crippen molar-refractivity contribution in [2.75, 3.05) is 13.7 Å². The number of rotatable bonds is 6. The number of hydrogen-bond donors (Lipinski definition) is 1. The maximum absolute atomic E-state index is 11.3. The minimum Gasteiger partial charge on any atom is -0.463 e. The number of allylic oxidation sites excluding steroid dienone is 1. The molecule has 20 heavy (non-hydrogen) atoms. The Bertz CT molecular complexity index is 476. The molecule has 1 aliphatic rings. The lowest BCUT2D eigenvalue weighted by molar-refractivity contribution is 0.0562. The van der Waals surface area contributed by atoms with E-state index in [0.717, 1.165) is 18.7 Å². The number of carbonyl (C=O) groups excluding carboxylic acids is 1. The van der Waals surface area contributed by atoms with Crippen molar-refractivity contribution >= 4 is 5.97 Å². The average molecular weight is 277 g/mol. The van der Waals surface area contributed by atoms with Gasteiger partial charge in [-0.3, -0.25) is 0 Å². The number of hydrogen-bond acceptors (Lipinski definition) is 4. The van der Waals surface area contributed by atoms with Crippen LogP contribution in [0.25, 0.3) is 0 Å². The molecule has 1 aromatic rings. The van der Waals surface area contributed by atoms with Crippen molar-refractivity contribution in [2.45, 2.75) is 45.1 Å². The molecule has 110 valence electrons. The molecule has 4 nitrogen and oxygen atoms in total. The highest BCUT2D eigenvalue weighted by Gasteiger charge is 2.15. The largest absolute Gasteiger partial charge is 0.463 e. The van der Waals surface area contributed by atoms with Gasteiger partial charge in [-0.05, 0) is 57.7 Å². The third-order valence-electron chi connectivity index (χ3n) is 3.72. The van der Waals surface area contributed by atoms with Crippen molar-refractivity contribution in [2.24, 2.45) is 0 Å². The molecule has 1 heterocycles. The Hall–Kier alpha value is -1.55. The van der Waals surface area contributed by atoms with Gasteiger partial charge >= 0.3 is 5.97 Å². The van der Waals surface area contributed by atoms with Crippen LogP contribution in [0.1, 0.15) is 61.4 Å². The van der Waals surface area contributed by atoms with E-state index in [1.807, 2.05) is 13.0 Å². The SMILES string of the molecule is COC(=O)c1ccc(C(C)NCCC2=CCCCC2)o1. The molecule has 0 bridgehead atoms. The second-order valence-electron chi connectivity index (χ2n) is 5.23. The normalized spacial score (nSPS) is 16.6. The average Bonchev–Trinajstić information content (AvgIpc) is 2.97. The van der Waals surface area contributed by atoms with Crippen LogP contribution in [0.5, 0.6) is 0 Å². The summed E-state index contributed by atoms with van der Waals surface area (Å²) in [5, 5.41) is 3.43. The van der Waals surface area contributed by atoms with E-state index in [4.69, 9.17) is 4.42 Å². The summed E-state index contributed by atoms with van der Waals surface area (Å²) in [7, 11) is 1.35. The van der Waals surface area contributed by atoms with Gasteiger partial charge in [0.25, 0.3) is 0 Å². The van der Waals surface area contributed by atoms with Crippen LogP contribution in [0.4, 0.5) is 0 Å². The highest BCUT2D eigenvalue weighted by atomic mass is 16.5. The maximum atomic E-state index is 11.3. The van der Waals surface area contributed by atoms with E-state index in [0.29, 0.717) is 0 Å². The maximum Gasteiger partial charge on any atom is 0.373 e. The lowest BCUT2D eigenvalue weighted by Gasteiger charge is -2.15. The van der Waals surface area contributed by atoms with E-state index in [1.165, 1.54) is 32.8 Å². The first kappa shape index (κ1) is 14.9. The Balaban J connectivity index is 1.79. The van der Waals surface area contributed by atoms with Crippen molar-refractivity contribution in [3.63, 3.8) is 0 Å². The van der Waals surface area contributed by atoms with Crippen molar-refractivity contribution in [1.29, 1.82) is 0 Å². The number of methoxy groups -OCH3 is 1. The molecule has 0 amide bonds. The van der Waals surface area contributed by atoms with Crippen LogP contribution in [0.15, 0.2) is 28.2 Å². The molecular formula is C16H23NO3. The fraction of sp³-hybridized carbons (Fsp3) is 0.562. The number of nitrogens with one attached hydrogen (secondary N) is 1. The van der Waals surface area contributed by atoms with E-state index in [2.05, 4.69) is 16.1 Å². The molecule has 0 saturated carbocycles. The number of ether oxygens (including phenoxy) is 1. The molecule has 0 spiro atoms. The summed E-state index contributed by atoms with van der Waals surface area (Å²) in [5.41, 5.74) is 1.56. The standard InChI is InChI=1S/C16H23NO3/c1-12(14-8-9-15(20-14)16(18)19-2)17-11-10-13-6-4-3-5-7-13/h6,8-9,12,17H,3-5,7,10-11H2,1-2H3. The quantitative estimate of drug-likeness (QED) is 0.637. The lowest BCUT2D eigenvalue weighted by atomic mass is 9.97. The highest BCUT2D eigenvalue weighted by molar-refractivity contribution is 5.86. The summed E-state index contributed by atoms with van der Waals surface area (Å²) < 4.78 is 10.1. The van der Waals surface area contributed by atoms with Gasteiger partial charge in [-0.1, -0.05) is 11.6 Å². The first-order chi connectivity index (χ1) is 9.70. The molecule has 1 unspecified atom stereocenters. The first-order valence-electron chi connectivity index (χ1n) is 7.30. The van der Waals surface area contributed by atoms with Crippen molar-refractivity contribution in [3.05, 3.63) is 35.3 Å². The molecule has 1 aromatic heterocycles. The summed E-state index contributed by atoms with van der Waals surface area (Å²) in [5.74, 6) is 0.588. The summed E-state index contributed by atoms with van der Waals surface area (Å²) in [4.78, 5) is 11.3. The first-order valence-corrected chi connectivity index (χ1v) is 7.30. The number of esters is 1. The van der Waals surface area contributed by atoms with Crippen LogP contribution in [-0.4, -0.2) is 19.6 Å². The molecule has 0 aromatic carbocycles. The van der Waals surface area contributed by atoms with E-state index >= 15 is 0 Å². The van der Waals surface area contributed by atoms with Crippen LogP contribution in [0, 0.1) is 0 Å². The Morgan fingerprint density at radius 1 is 1.45 bits per heavy atom. The molecule has 2 rings (SSSR count). The minimum absolute atomic E-state index is 0.0950. The van der Waals surface area contributed by atoms with Gasteiger partial charge in [-0.2, -0.15) is 0 Å². The van der Waals surface area contributed by atoms with Gasteiger partial charge in [-0.25, -0.2) is 4.79 Å². The molecule has 4 heteroatoms. The second-order valence-corrected chi connectivity index (χ2v) is 5.23. The zero-order valence-corrected chi connectivity index (χ0v) is 12.3. The Kier molecular flexibility index (Phi) is 5.41. The molecule has 0 radical (unpaired) electrons. The molecule has 1 N–H and O–H groups in total. The van der Waals surface area contributed by atoms with Crippen molar-refractivity contribution in [1.82, 2.24) is 5.32 Å². The summed E-state index contributed by atoms with van der Waals surface area (Å²) in [6.45, 7) is 2.97. The Morgan fingerprint density at radius 3 is 3.00 bits per heavy atom. The van der Waals surface area contributed by atoms with Crippen LogP contribution >= 0.6 is 0 Å². The fourth-order valence-electron chi connectivity index (χ4n) is 2.48. The lowest BCUT2D eigenvalue weighted by Crippen LogP contribution is -2.20. The molecular weight excluding hydrogens is 254 g/mol. The minimum atomic E-state index is -0.434. The third-order valence-corrected chi connectivity index (χ3v) is 3.72. The molecule has 1 aliphatic carbocycles. The molecule has 0 saturated heterocycles. The monoisotopic (exact) mass is 277 g/mol. The number of carbonyl (C=O) groups is 1. The summed E-state index contributed by atoms with van der Waals surface area (Å²) in [6.07, 6.45) is 8.58. The van der Waals surface area contributed by atoms with Gasteiger partial charge in [0.05, 0.1) is 13.2 Å². The fourth-order valence-corrected chi connectivity index (χ4v) is 2.48. The zero-order chi connectivity index (χ0) is 14.4. The zero-order valence-electron chi connectivity index (χ0n) is 12.3. The smallest absolute Gasteiger partial charge is 0.373 e. The van der Waals surface area contributed by atoms with Crippen LogP contribution < -0.4 is 5.32 Å². The van der Waals surface area contributed by atoms with Crippen LogP contribution in [-0.2, 0) is 4.74 Å². The molecule has 1 atom stereocenters. The van der Waals surface area contributed by atoms with E-state index in [1.54, 1.807) is 11.6 Å². The van der Waals surface area contributed by atoms with E-state index < -0.39 is 5.97 Å². The van der Waals surface area contributed by atoms with Crippen LogP contribution in [0.2, 0.25) is 0 Å². The van der Waals surface area contributed by atoms with E-state index in [9.17, 15) is 4.79 Å². The van der Waals surface area contributed by atoms with Gasteiger partial charge < -0.3 is 14.5 Å². The Labute approximate surface area is 120 Å². The topological polar surface area (TPSA) is 51.5 Å². The predicted molar refractivity (Wildman–Crippen MR) is 77.6 cm³/mol. The van der Waals surface area contributed by atoms with Gasteiger partial charge in [-0.15, -0.1) is 0 Å². The van der Waals surface area contributed by atoms with Gasteiger partial charge in [0.2, 0.25) is 5.76 Å². The second kappa shape index (κ2) is 7.29. The Morgan fingerprint density at radius 2 is 2.30 bits per heavy atom. The summed E-state index contributed by atoms with van der Waals surface area (Å²) in [6, 6.07) is 3.57. The van der Waals surface area contributed by atoms with Gasteiger partial charge in [0, 0.05) is 0 Å². The molecule has 0 aliphatic heterocycles. The van der Waals surface area contributed by atoms with Crippen molar-refractivity contribution in [3.8, 4) is 0 Å². The van der Waals surface area contributed by atoms with Crippen molar-refractivity contribution < 1.29 is 13.9 Å². The highest BCUT2D eigenvalue weighted by Crippen LogP contribution is 2.21. The third kappa shape index (κ3) is 3.97. The number of furan rings is 1. The van der Waals surface area contributed by atoms with Crippen LogP contribution in [0.3, 0.4) is 0 Å². The van der Waals surface area contributed by atoms with Gasteiger partial charge in [0.1, 0.15) is 5.76 Å². The van der Waals surface area contributed by atoms with E-state index in [-0.39, 0.29) is 11.8 Å². The summed E-state index contributed by atoms with van der Waals surface area (Å²) >= 11 is 0. The predicted octanol–water partition coefficient (Wildman–Crippen LogP) is 3.61. The van der Waals surface area contributed by atoms with Gasteiger partial charge in [0.15, 0.2) is 0 Å². The molecule has 0 fully saturated rings.